The van der Waals surface area contributed by atoms with Gasteiger partial charge in [0, 0.05) is 45.0 Å². The van der Waals surface area contributed by atoms with Crippen LogP contribution in [0.25, 0.3) is 0 Å². The van der Waals surface area contributed by atoms with Gasteiger partial charge in [-0.05, 0) is 47.7 Å². The van der Waals surface area contributed by atoms with Crippen molar-refractivity contribution >= 4 is 34.8 Å². The van der Waals surface area contributed by atoms with E-state index in [-0.39, 0.29) is 17.2 Å². The van der Waals surface area contributed by atoms with Gasteiger partial charge in [-0.2, -0.15) is 0 Å². The maximum atomic E-state index is 12.9. The van der Waals surface area contributed by atoms with Crippen LogP contribution in [0.15, 0.2) is 42.5 Å². The number of hydrogen-bond donors (Lipinski definition) is 1. The van der Waals surface area contributed by atoms with Crippen molar-refractivity contribution in [3.63, 3.8) is 0 Å². The number of rotatable bonds is 8. The highest BCUT2D eigenvalue weighted by molar-refractivity contribution is 6.34. The molecule has 0 fully saturated rings. The lowest BCUT2D eigenvalue weighted by Gasteiger charge is -2.28. The summed E-state index contributed by atoms with van der Waals surface area (Å²) in [4.78, 5) is 29.6. The van der Waals surface area contributed by atoms with Gasteiger partial charge in [-0.15, -0.1) is 0 Å². The Morgan fingerprint density at radius 1 is 1.06 bits per heavy atom. The van der Waals surface area contributed by atoms with E-state index in [2.05, 4.69) is 33.0 Å². The molecule has 0 radical (unpaired) electrons. The molecule has 6 heteroatoms. The first-order chi connectivity index (χ1) is 14.5. The lowest BCUT2D eigenvalue weighted by molar-refractivity contribution is -0.133. The number of carbonyl (C=O) groups excluding carboxylic acids is 2. The van der Waals surface area contributed by atoms with Crippen molar-refractivity contribution in [2.45, 2.75) is 47.1 Å². The first-order valence-corrected chi connectivity index (χ1v) is 11.0. The second kappa shape index (κ2) is 10.7. The fraction of sp³-hybridized carbons (Fsp3) is 0.440. The fourth-order valence-corrected chi connectivity index (χ4v) is 3.62. The van der Waals surface area contributed by atoms with Gasteiger partial charge < -0.3 is 15.1 Å². The number of benzene rings is 2. The molecule has 0 saturated heterocycles. The third kappa shape index (κ3) is 7.28. The van der Waals surface area contributed by atoms with Gasteiger partial charge >= 0.3 is 0 Å². The van der Waals surface area contributed by atoms with Crippen LogP contribution in [-0.4, -0.2) is 37.4 Å². The minimum absolute atomic E-state index is 0.0712. The molecule has 2 aromatic rings. The summed E-state index contributed by atoms with van der Waals surface area (Å²) in [5.41, 5.74) is 3.02. The van der Waals surface area contributed by atoms with Crippen LogP contribution in [-0.2, 0) is 11.3 Å². The number of carbonyl (C=O) groups is 2. The van der Waals surface area contributed by atoms with E-state index in [1.807, 2.05) is 42.1 Å². The van der Waals surface area contributed by atoms with Crippen LogP contribution in [0, 0.1) is 5.41 Å². The number of anilines is 2. The van der Waals surface area contributed by atoms with Crippen LogP contribution in [0.2, 0.25) is 5.02 Å². The van der Waals surface area contributed by atoms with E-state index in [4.69, 9.17) is 11.6 Å². The maximum Gasteiger partial charge on any atom is 0.257 e. The Balaban J connectivity index is 2.31. The summed E-state index contributed by atoms with van der Waals surface area (Å²) in [5, 5.41) is 3.34. The van der Waals surface area contributed by atoms with Crippen molar-refractivity contribution < 1.29 is 9.59 Å². The minimum Gasteiger partial charge on any atom is -0.377 e. The fourth-order valence-electron chi connectivity index (χ4n) is 3.40. The predicted molar refractivity (Wildman–Crippen MR) is 130 cm³/mol. The normalized spacial score (nSPS) is 11.2. The van der Waals surface area contributed by atoms with Crippen molar-refractivity contribution in [3.05, 3.63) is 58.6 Å². The van der Waals surface area contributed by atoms with Crippen LogP contribution in [0.4, 0.5) is 11.4 Å². The third-order valence-electron chi connectivity index (χ3n) is 4.83. The summed E-state index contributed by atoms with van der Waals surface area (Å²) >= 11 is 6.16. The molecule has 0 aromatic heterocycles. The van der Waals surface area contributed by atoms with E-state index in [0.717, 1.165) is 17.7 Å². The van der Waals surface area contributed by atoms with Crippen LogP contribution >= 0.6 is 11.6 Å². The SMILES string of the molecule is CCCN(Cc1cc(NC(=O)c2ccccc2Cl)ccc1N(C)C)C(=O)CC(C)(C)C. The van der Waals surface area contributed by atoms with E-state index >= 15 is 0 Å². The Hall–Kier alpha value is -2.53. The van der Waals surface area contributed by atoms with E-state index in [1.54, 1.807) is 24.3 Å². The molecule has 5 nitrogen and oxygen atoms in total. The smallest absolute Gasteiger partial charge is 0.257 e. The Kier molecular flexibility index (Phi) is 8.52. The maximum absolute atomic E-state index is 12.9. The van der Waals surface area contributed by atoms with E-state index < -0.39 is 0 Å². The molecule has 2 rings (SSSR count). The standard InChI is InChI=1S/C25H34ClN3O2/c1-7-14-29(23(30)16-25(2,3)4)17-18-15-19(12-13-22(18)28(5)6)27-24(31)20-10-8-9-11-21(20)26/h8-13,15H,7,14,16-17H2,1-6H3,(H,27,31). The molecule has 2 aromatic carbocycles. The summed E-state index contributed by atoms with van der Waals surface area (Å²) in [7, 11) is 3.95. The van der Waals surface area contributed by atoms with Gasteiger partial charge in [-0.3, -0.25) is 9.59 Å². The summed E-state index contributed by atoms with van der Waals surface area (Å²) in [6.07, 6.45) is 1.38. The molecule has 2 amide bonds. The van der Waals surface area contributed by atoms with Crippen molar-refractivity contribution in [1.82, 2.24) is 4.90 Å². The first kappa shape index (κ1) is 24.7. The lowest BCUT2D eigenvalue weighted by Crippen LogP contribution is -2.34. The Labute approximate surface area is 191 Å². The van der Waals surface area contributed by atoms with Crippen molar-refractivity contribution in [2.75, 3.05) is 30.9 Å². The van der Waals surface area contributed by atoms with Crippen molar-refractivity contribution in [3.8, 4) is 0 Å². The van der Waals surface area contributed by atoms with E-state index in [9.17, 15) is 9.59 Å². The summed E-state index contributed by atoms with van der Waals surface area (Å²) in [6, 6.07) is 12.7. The largest absolute Gasteiger partial charge is 0.377 e. The zero-order valence-electron chi connectivity index (χ0n) is 19.5. The molecule has 0 saturated carbocycles. The summed E-state index contributed by atoms with van der Waals surface area (Å²) < 4.78 is 0. The molecule has 168 valence electrons. The molecule has 0 heterocycles. The number of amides is 2. The molecule has 0 aliphatic rings. The summed E-state index contributed by atoms with van der Waals surface area (Å²) in [5.74, 6) is -0.118. The van der Waals surface area contributed by atoms with Crippen LogP contribution in [0.3, 0.4) is 0 Å². The Bertz CT molecular complexity index is 919. The first-order valence-electron chi connectivity index (χ1n) is 10.7. The number of hydrogen-bond acceptors (Lipinski definition) is 3. The number of halogens is 1. The third-order valence-corrected chi connectivity index (χ3v) is 5.16. The molecule has 0 aliphatic heterocycles. The van der Waals surface area contributed by atoms with Gasteiger partial charge in [0.2, 0.25) is 5.91 Å². The van der Waals surface area contributed by atoms with Gasteiger partial charge in [0.15, 0.2) is 0 Å². The molecular formula is C25H34ClN3O2. The lowest BCUT2D eigenvalue weighted by atomic mass is 9.91. The highest BCUT2D eigenvalue weighted by Crippen LogP contribution is 2.27. The molecular weight excluding hydrogens is 410 g/mol. The molecule has 31 heavy (non-hydrogen) atoms. The van der Waals surface area contributed by atoms with Gasteiger partial charge in [0.05, 0.1) is 10.6 Å². The molecule has 0 spiro atoms. The minimum atomic E-state index is -0.261. The van der Waals surface area contributed by atoms with Crippen LogP contribution in [0.5, 0.6) is 0 Å². The quantitative estimate of drug-likeness (QED) is 0.558. The van der Waals surface area contributed by atoms with Crippen molar-refractivity contribution in [2.24, 2.45) is 5.41 Å². The molecule has 0 unspecified atom stereocenters. The van der Waals surface area contributed by atoms with Gasteiger partial charge in [-0.1, -0.05) is 51.4 Å². The van der Waals surface area contributed by atoms with Crippen LogP contribution < -0.4 is 10.2 Å². The van der Waals surface area contributed by atoms with E-state index in [0.29, 0.717) is 35.8 Å². The average Bonchev–Trinajstić information content (AvgIpc) is 2.66. The molecule has 1 N–H and O–H groups in total. The average molecular weight is 444 g/mol. The molecule has 0 aliphatic carbocycles. The Morgan fingerprint density at radius 2 is 1.74 bits per heavy atom. The summed E-state index contributed by atoms with van der Waals surface area (Å²) in [6.45, 7) is 9.48. The van der Waals surface area contributed by atoms with Crippen molar-refractivity contribution in [1.29, 1.82) is 0 Å². The Morgan fingerprint density at radius 3 is 2.32 bits per heavy atom. The van der Waals surface area contributed by atoms with Gasteiger partial charge in [0.25, 0.3) is 5.91 Å². The molecule has 0 bridgehead atoms. The zero-order chi connectivity index (χ0) is 23.2. The van der Waals surface area contributed by atoms with Crippen LogP contribution in [0.1, 0.15) is 56.5 Å². The topological polar surface area (TPSA) is 52.7 Å². The monoisotopic (exact) mass is 443 g/mol. The second-order valence-corrected chi connectivity index (χ2v) is 9.63. The second-order valence-electron chi connectivity index (χ2n) is 9.22. The highest BCUT2D eigenvalue weighted by atomic mass is 35.5. The number of nitrogens with zero attached hydrogens (tertiary/aromatic N) is 2. The van der Waals surface area contributed by atoms with Gasteiger partial charge in [0.1, 0.15) is 0 Å². The van der Waals surface area contributed by atoms with Gasteiger partial charge in [-0.25, -0.2) is 0 Å². The highest BCUT2D eigenvalue weighted by Gasteiger charge is 2.22. The van der Waals surface area contributed by atoms with E-state index in [1.165, 1.54) is 0 Å². The zero-order valence-corrected chi connectivity index (χ0v) is 20.2. The predicted octanol–water partition coefficient (Wildman–Crippen LogP) is 5.83. The molecule has 0 atom stereocenters. The number of nitrogens with one attached hydrogen (secondary N) is 1.